The van der Waals surface area contributed by atoms with Gasteiger partial charge in [0.2, 0.25) is 10.0 Å². The Balaban J connectivity index is 1.85. The van der Waals surface area contributed by atoms with Gasteiger partial charge in [0.1, 0.15) is 5.82 Å². The van der Waals surface area contributed by atoms with E-state index in [0.717, 1.165) is 30.7 Å². The number of aromatic nitrogens is 2. The number of sulfonamides is 1. The molecule has 2 N–H and O–H groups in total. The predicted molar refractivity (Wildman–Crippen MR) is 82.5 cm³/mol. The molecule has 0 unspecified atom stereocenters. The molecule has 0 fully saturated rings. The smallest absolute Gasteiger partial charge is 0.240 e. The highest BCUT2D eigenvalue weighted by Crippen LogP contribution is 2.11. The minimum atomic E-state index is -3.41. The van der Waals surface area contributed by atoms with E-state index in [0.29, 0.717) is 17.9 Å². The fourth-order valence-corrected chi connectivity index (χ4v) is 3.18. The van der Waals surface area contributed by atoms with E-state index in [1.54, 1.807) is 24.5 Å². The van der Waals surface area contributed by atoms with Crippen molar-refractivity contribution in [1.29, 1.82) is 0 Å². The molecule has 1 aromatic heterocycles. The third kappa shape index (κ3) is 4.68. The highest BCUT2D eigenvalue weighted by Gasteiger charge is 2.12. The first kappa shape index (κ1) is 15.7. The Bertz CT molecular complexity index is 634. The van der Waals surface area contributed by atoms with Crippen molar-refractivity contribution in [3.63, 3.8) is 0 Å². The molecule has 5 nitrogen and oxygen atoms in total. The van der Waals surface area contributed by atoms with E-state index in [-0.39, 0.29) is 0 Å². The van der Waals surface area contributed by atoms with Gasteiger partial charge in [0.25, 0.3) is 0 Å². The Labute approximate surface area is 125 Å². The molecule has 0 aliphatic carbocycles. The Morgan fingerprint density at radius 1 is 1.19 bits per heavy atom. The van der Waals surface area contributed by atoms with Crippen LogP contribution in [-0.2, 0) is 22.9 Å². The summed E-state index contributed by atoms with van der Waals surface area (Å²) in [6, 6.07) is 7.08. The molecular formula is C15H21N3O2S. The van der Waals surface area contributed by atoms with Crippen molar-refractivity contribution in [1.82, 2.24) is 14.7 Å². The predicted octanol–water partition coefficient (Wildman–Crippen LogP) is 2.27. The van der Waals surface area contributed by atoms with Gasteiger partial charge in [-0.15, -0.1) is 0 Å². The summed E-state index contributed by atoms with van der Waals surface area (Å²) in [4.78, 5) is 7.42. The summed E-state index contributed by atoms with van der Waals surface area (Å²) in [5, 5.41) is 0. The van der Waals surface area contributed by atoms with Crippen molar-refractivity contribution in [3.8, 4) is 0 Å². The van der Waals surface area contributed by atoms with Crippen LogP contribution in [0.15, 0.2) is 41.6 Å². The zero-order valence-electron chi connectivity index (χ0n) is 12.2. The van der Waals surface area contributed by atoms with Gasteiger partial charge in [-0.05, 0) is 30.5 Å². The Morgan fingerprint density at radius 3 is 2.57 bits per heavy atom. The molecule has 0 aliphatic rings. The molecule has 6 heteroatoms. The standard InChI is InChI=1S/C15H21N3O2S/c1-2-4-13-6-8-14(9-7-13)21(19,20)18-10-3-5-15-16-11-12-17-15/h6-9,11-12,18H,2-5,10H2,1H3,(H,16,17). The summed E-state index contributed by atoms with van der Waals surface area (Å²) in [5.74, 6) is 0.873. The summed E-state index contributed by atoms with van der Waals surface area (Å²) < 4.78 is 26.9. The number of nitrogens with one attached hydrogen (secondary N) is 2. The molecule has 0 saturated heterocycles. The van der Waals surface area contributed by atoms with Crippen molar-refractivity contribution in [2.75, 3.05) is 6.54 Å². The number of imidazole rings is 1. The summed E-state index contributed by atoms with van der Waals surface area (Å²) in [7, 11) is -3.41. The van der Waals surface area contributed by atoms with Crippen LogP contribution < -0.4 is 4.72 Å². The highest BCUT2D eigenvalue weighted by molar-refractivity contribution is 7.89. The largest absolute Gasteiger partial charge is 0.349 e. The molecular weight excluding hydrogens is 286 g/mol. The Morgan fingerprint density at radius 2 is 1.95 bits per heavy atom. The van der Waals surface area contributed by atoms with E-state index in [9.17, 15) is 8.42 Å². The van der Waals surface area contributed by atoms with Gasteiger partial charge < -0.3 is 4.98 Å². The number of hydrogen-bond donors (Lipinski definition) is 2. The molecule has 2 aromatic rings. The summed E-state index contributed by atoms with van der Waals surface area (Å²) >= 11 is 0. The van der Waals surface area contributed by atoms with Gasteiger partial charge in [0.15, 0.2) is 0 Å². The second-order valence-corrected chi connectivity index (χ2v) is 6.70. The molecule has 21 heavy (non-hydrogen) atoms. The van der Waals surface area contributed by atoms with Crippen LogP contribution in [0.25, 0.3) is 0 Å². The lowest BCUT2D eigenvalue weighted by atomic mass is 10.1. The second-order valence-electron chi connectivity index (χ2n) is 4.93. The summed E-state index contributed by atoms with van der Waals surface area (Å²) in [6.07, 6.45) is 6.91. The van der Waals surface area contributed by atoms with E-state index < -0.39 is 10.0 Å². The van der Waals surface area contributed by atoms with Crippen LogP contribution in [0.4, 0.5) is 0 Å². The van der Waals surface area contributed by atoms with Crippen LogP contribution in [0.3, 0.4) is 0 Å². The monoisotopic (exact) mass is 307 g/mol. The van der Waals surface area contributed by atoms with Crippen molar-refractivity contribution < 1.29 is 8.42 Å². The van der Waals surface area contributed by atoms with E-state index in [1.807, 2.05) is 12.1 Å². The molecule has 0 aliphatic heterocycles. The van der Waals surface area contributed by atoms with Gasteiger partial charge in [0, 0.05) is 25.4 Å². The maximum Gasteiger partial charge on any atom is 0.240 e. The summed E-state index contributed by atoms with van der Waals surface area (Å²) in [5.41, 5.74) is 1.16. The SMILES string of the molecule is CCCc1ccc(S(=O)(=O)NCCCc2ncc[nH]2)cc1. The molecule has 0 radical (unpaired) electrons. The number of H-pyrrole nitrogens is 1. The van der Waals surface area contributed by atoms with Crippen molar-refractivity contribution in [3.05, 3.63) is 48.0 Å². The van der Waals surface area contributed by atoms with Crippen LogP contribution in [0, 0.1) is 0 Å². The topological polar surface area (TPSA) is 74.8 Å². The number of benzene rings is 1. The quantitative estimate of drug-likeness (QED) is 0.735. The molecule has 2 rings (SSSR count). The first-order valence-corrected chi connectivity index (χ1v) is 8.67. The van der Waals surface area contributed by atoms with E-state index in [2.05, 4.69) is 21.6 Å². The lowest BCUT2D eigenvalue weighted by Gasteiger charge is -2.07. The fraction of sp³-hybridized carbons (Fsp3) is 0.400. The molecule has 1 aromatic carbocycles. The maximum absolute atomic E-state index is 12.1. The molecule has 0 spiro atoms. The van der Waals surface area contributed by atoms with Gasteiger partial charge in [-0.25, -0.2) is 18.1 Å². The van der Waals surface area contributed by atoms with Crippen LogP contribution in [0.2, 0.25) is 0 Å². The van der Waals surface area contributed by atoms with E-state index in [1.165, 1.54) is 0 Å². The van der Waals surface area contributed by atoms with Gasteiger partial charge in [-0.2, -0.15) is 0 Å². The van der Waals surface area contributed by atoms with Gasteiger partial charge in [-0.3, -0.25) is 0 Å². The van der Waals surface area contributed by atoms with Crippen molar-refractivity contribution in [2.45, 2.75) is 37.5 Å². The molecule has 0 bridgehead atoms. The molecule has 0 amide bonds. The average Bonchev–Trinajstić information content (AvgIpc) is 2.98. The van der Waals surface area contributed by atoms with Gasteiger partial charge in [0.05, 0.1) is 4.90 Å². The lowest BCUT2D eigenvalue weighted by Crippen LogP contribution is -2.25. The van der Waals surface area contributed by atoms with Crippen LogP contribution >= 0.6 is 0 Å². The fourth-order valence-electron chi connectivity index (χ4n) is 2.10. The number of aromatic amines is 1. The number of aryl methyl sites for hydroxylation is 2. The molecule has 1 heterocycles. The third-order valence-electron chi connectivity index (χ3n) is 3.21. The van der Waals surface area contributed by atoms with Crippen molar-refractivity contribution in [2.24, 2.45) is 0 Å². The van der Waals surface area contributed by atoms with Gasteiger partial charge >= 0.3 is 0 Å². The first-order valence-electron chi connectivity index (χ1n) is 7.18. The normalized spacial score (nSPS) is 11.7. The second kappa shape index (κ2) is 7.38. The number of nitrogens with zero attached hydrogens (tertiary/aromatic N) is 1. The zero-order valence-corrected chi connectivity index (χ0v) is 13.0. The molecule has 0 atom stereocenters. The average molecular weight is 307 g/mol. The first-order chi connectivity index (χ1) is 10.1. The molecule has 114 valence electrons. The molecule has 0 saturated carbocycles. The van der Waals surface area contributed by atoms with Gasteiger partial charge in [-0.1, -0.05) is 25.5 Å². The van der Waals surface area contributed by atoms with Crippen molar-refractivity contribution >= 4 is 10.0 Å². The van der Waals surface area contributed by atoms with Crippen LogP contribution in [0.1, 0.15) is 31.2 Å². The summed E-state index contributed by atoms with van der Waals surface area (Å²) in [6.45, 7) is 2.50. The van der Waals surface area contributed by atoms with E-state index in [4.69, 9.17) is 0 Å². The number of rotatable bonds is 8. The zero-order chi connectivity index (χ0) is 15.1. The van der Waals surface area contributed by atoms with E-state index >= 15 is 0 Å². The van der Waals surface area contributed by atoms with Crippen LogP contribution in [0.5, 0.6) is 0 Å². The third-order valence-corrected chi connectivity index (χ3v) is 4.69. The minimum Gasteiger partial charge on any atom is -0.349 e. The van der Waals surface area contributed by atoms with Crippen LogP contribution in [-0.4, -0.2) is 24.9 Å². The number of hydrogen-bond acceptors (Lipinski definition) is 3. The maximum atomic E-state index is 12.1. The Kier molecular flexibility index (Phi) is 5.52. The highest BCUT2D eigenvalue weighted by atomic mass is 32.2. The minimum absolute atomic E-state index is 0.320. The Hall–Kier alpha value is -1.66. The lowest BCUT2D eigenvalue weighted by molar-refractivity contribution is 0.578.